The minimum absolute atomic E-state index is 0.0642. The zero-order valence-electron chi connectivity index (χ0n) is 19.3. The highest BCUT2D eigenvalue weighted by Crippen LogP contribution is 2.35. The van der Waals surface area contributed by atoms with Crippen LogP contribution in [0, 0.1) is 26.6 Å². The fourth-order valence-corrected chi connectivity index (χ4v) is 5.15. The molecule has 0 saturated heterocycles. The van der Waals surface area contributed by atoms with Crippen LogP contribution in [0.1, 0.15) is 34.1 Å². The van der Waals surface area contributed by atoms with Gasteiger partial charge < -0.3 is 9.30 Å². The third-order valence-electron chi connectivity index (χ3n) is 5.64. The number of anilines is 1. The van der Waals surface area contributed by atoms with E-state index >= 15 is 0 Å². The predicted octanol–water partition coefficient (Wildman–Crippen LogP) is 5.67. The third-order valence-corrected chi connectivity index (χ3v) is 7.04. The van der Waals surface area contributed by atoms with Crippen LogP contribution in [0.3, 0.4) is 0 Å². The summed E-state index contributed by atoms with van der Waals surface area (Å²) in [5.74, 6) is -1.00. The maximum atomic E-state index is 13.3. The summed E-state index contributed by atoms with van der Waals surface area (Å²) < 4.78 is 48.9. The summed E-state index contributed by atoms with van der Waals surface area (Å²) in [7, 11) is -3.96. The Morgan fingerprint density at radius 1 is 1.00 bits per heavy atom. The molecule has 1 aromatic heterocycles. The Kier molecular flexibility index (Phi) is 6.18. The lowest BCUT2D eigenvalue weighted by atomic mass is 10.1. The molecule has 1 N–H and O–H groups in total. The molecule has 0 unspecified atom stereocenters. The van der Waals surface area contributed by atoms with Crippen LogP contribution in [0.5, 0.6) is 0 Å². The van der Waals surface area contributed by atoms with Gasteiger partial charge in [-0.3, -0.25) is 4.72 Å². The number of fused-ring (bicyclic) bond motifs is 1. The van der Waals surface area contributed by atoms with Crippen molar-refractivity contribution in [3.8, 4) is 5.69 Å². The second kappa shape index (κ2) is 8.95. The van der Waals surface area contributed by atoms with E-state index in [0.29, 0.717) is 22.3 Å². The van der Waals surface area contributed by atoms with E-state index in [1.54, 1.807) is 19.1 Å². The van der Waals surface area contributed by atoms with E-state index < -0.39 is 21.8 Å². The van der Waals surface area contributed by atoms with Crippen molar-refractivity contribution in [1.82, 2.24) is 4.57 Å². The van der Waals surface area contributed by atoms with Gasteiger partial charge in [0.2, 0.25) is 0 Å². The van der Waals surface area contributed by atoms with Crippen molar-refractivity contribution in [1.29, 1.82) is 0 Å². The number of halogens is 1. The molecule has 0 radical (unpaired) electrons. The summed E-state index contributed by atoms with van der Waals surface area (Å²) in [6, 6.07) is 15.9. The summed E-state index contributed by atoms with van der Waals surface area (Å²) >= 11 is 0. The SMILES string of the molecule is CCOC(=O)c1c(C)n(-c2ccc(C)cc2)c2c(C)cc(NS(=O)(=O)c3ccc(F)cc3)cc12. The maximum Gasteiger partial charge on any atom is 0.340 e. The van der Waals surface area contributed by atoms with Crippen molar-refractivity contribution in [2.75, 3.05) is 11.3 Å². The number of carbonyl (C=O) groups excluding carboxylic acids is 1. The summed E-state index contributed by atoms with van der Waals surface area (Å²) in [5, 5.41) is 0.577. The molecule has 3 aromatic carbocycles. The van der Waals surface area contributed by atoms with Gasteiger partial charge in [-0.15, -0.1) is 0 Å². The monoisotopic (exact) mass is 480 g/mol. The van der Waals surface area contributed by atoms with Crippen molar-refractivity contribution in [2.24, 2.45) is 0 Å². The molecule has 0 fully saturated rings. The number of aryl methyl sites for hydroxylation is 2. The number of carbonyl (C=O) groups is 1. The van der Waals surface area contributed by atoms with E-state index in [1.807, 2.05) is 49.6 Å². The van der Waals surface area contributed by atoms with Gasteiger partial charge in [0.25, 0.3) is 10.0 Å². The Labute approximate surface area is 198 Å². The van der Waals surface area contributed by atoms with E-state index in [9.17, 15) is 17.6 Å². The number of aromatic nitrogens is 1. The average Bonchev–Trinajstić information content (AvgIpc) is 3.07. The lowest BCUT2D eigenvalue weighted by Crippen LogP contribution is -2.13. The Hall–Kier alpha value is -3.65. The highest BCUT2D eigenvalue weighted by atomic mass is 32.2. The van der Waals surface area contributed by atoms with Gasteiger partial charge in [-0.1, -0.05) is 17.7 Å². The van der Waals surface area contributed by atoms with E-state index in [-0.39, 0.29) is 11.5 Å². The summed E-state index contributed by atoms with van der Waals surface area (Å²) in [5.41, 5.74) is 4.91. The minimum Gasteiger partial charge on any atom is -0.462 e. The Balaban J connectivity index is 1.91. The molecule has 6 nitrogen and oxygen atoms in total. The van der Waals surface area contributed by atoms with Crippen molar-refractivity contribution in [3.05, 3.63) is 88.9 Å². The number of rotatable bonds is 6. The van der Waals surface area contributed by atoms with Gasteiger partial charge in [0.1, 0.15) is 5.82 Å². The standard InChI is InChI=1S/C26H25FN2O4S/c1-5-33-26(30)24-18(4)29(21-10-6-16(2)7-11-21)25-17(3)14-20(15-23(24)25)28-34(31,32)22-12-8-19(27)9-13-22/h6-15,28H,5H2,1-4H3. The molecule has 0 aliphatic rings. The van der Waals surface area contributed by atoms with Crippen molar-refractivity contribution in [2.45, 2.75) is 32.6 Å². The molecule has 0 atom stereocenters. The number of hydrogen-bond donors (Lipinski definition) is 1. The molecule has 1 heterocycles. The van der Waals surface area contributed by atoms with Crippen LogP contribution in [-0.2, 0) is 14.8 Å². The normalized spacial score (nSPS) is 11.6. The molecular formula is C26H25FN2O4S. The largest absolute Gasteiger partial charge is 0.462 e. The molecule has 0 aliphatic carbocycles. The summed E-state index contributed by atoms with van der Waals surface area (Å²) in [4.78, 5) is 12.9. The number of nitrogens with one attached hydrogen (secondary N) is 1. The van der Waals surface area contributed by atoms with E-state index in [0.717, 1.165) is 34.5 Å². The number of ether oxygens (including phenoxy) is 1. The number of benzene rings is 3. The van der Waals surface area contributed by atoms with E-state index in [4.69, 9.17) is 4.74 Å². The van der Waals surface area contributed by atoms with Crippen LogP contribution in [0.15, 0.2) is 65.6 Å². The van der Waals surface area contributed by atoms with Crippen molar-refractivity contribution < 1.29 is 22.3 Å². The van der Waals surface area contributed by atoms with E-state index in [2.05, 4.69) is 4.72 Å². The first-order valence-electron chi connectivity index (χ1n) is 10.8. The minimum atomic E-state index is -3.96. The topological polar surface area (TPSA) is 77.4 Å². The quantitative estimate of drug-likeness (QED) is 0.361. The molecule has 176 valence electrons. The fourth-order valence-electron chi connectivity index (χ4n) is 4.11. The zero-order chi connectivity index (χ0) is 24.6. The highest BCUT2D eigenvalue weighted by molar-refractivity contribution is 7.92. The van der Waals surface area contributed by atoms with Crippen LogP contribution < -0.4 is 4.72 Å². The molecule has 4 aromatic rings. The fraction of sp³-hybridized carbons (Fsp3) is 0.192. The second-order valence-electron chi connectivity index (χ2n) is 8.10. The van der Waals surface area contributed by atoms with Gasteiger partial charge in [0.15, 0.2) is 0 Å². The van der Waals surface area contributed by atoms with Gasteiger partial charge in [-0.2, -0.15) is 0 Å². The molecule has 0 amide bonds. The van der Waals surface area contributed by atoms with Gasteiger partial charge in [0.05, 0.1) is 22.6 Å². The van der Waals surface area contributed by atoms with Gasteiger partial charge in [0, 0.05) is 22.5 Å². The lowest BCUT2D eigenvalue weighted by molar-refractivity contribution is 0.0527. The molecule has 0 aliphatic heterocycles. The Bertz CT molecular complexity index is 1490. The lowest BCUT2D eigenvalue weighted by Gasteiger charge is -2.13. The van der Waals surface area contributed by atoms with Crippen molar-refractivity contribution >= 4 is 32.6 Å². The molecule has 0 saturated carbocycles. The number of esters is 1. The van der Waals surface area contributed by atoms with Gasteiger partial charge in [-0.25, -0.2) is 17.6 Å². The number of nitrogens with zero attached hydrogens (tertiary/aromatic N) is 1. The van der Waals surface area contributed by atoms with Crippen molar-refractivity contribution in [3.63, 3.8) is 0 Å². The smallest absolute Gasteiger partial charge is 0.340 e. The first kappa shape index (κ1) is 23.5. The maximum absolute atomic E-state index is 13.3. The van der Waals surface area contributed by atoms with Gasteiger partial charge in [-0.05, 0) is 81.8 Å². The van der Waals surface area contributed by atoms with Crippen LogP contribution >= 0.6 is 0 Å². The van der Waals surface area contributed by atoms with Crippen LogP contribution in [0.25, 0.3) is 16.6 Å². The van der Waals surface area contributed by atoms with Crippen LogP contribution in [0.4, 0.5) is 10.1 Å². The average molecular weight is 481 g/mol. The molecule has 0 bridgehead atoms. The van der Waals surface area contributed by atoms with E-state index in [1.165, 1.54) is 12.1 Å². The van der Waals surface area contributed by atoms with Gasteiger partial charge >= 0.3 is 5.97 Å². The number of hydrogen-bond acceptors (Lipinski definition) is 4. The molecule has 4 rings (SSSR count). The second-order valence-corrected chi connectivity index (χ2v) is 9.78. The first-order valence-corrected chi connectivity index (χ1v) is 12.3. The first-order chi connectivity index (χ1) is 16.1. The summed E-state index contributed by atoms with van der Waals surface area (Å²) in [6.45, 7) is 7.65. The highest BCUT2D eigenvalue weighted by Gasteiger charge is 2.24. The Morgan fingerprint density at radius 3 is 2.26 bits per heavy atom. The van der Waals surface area contributed by atoms with Crippen LogP contribution in [-0.4, -0.2) is 25.6 Å². The molecule has 34 heavy (non-hydrogen) atoms. The molecule has 0 spiro atoms. The molecule has 8 heteroatoms. The third kappa shape index (κ3) is 4.28. The summed E-state index contributed by atoms with van der Waals surface area (Å²) in [6.07, 6.45) is 0. The van der Waals surface area contributed by atoms with Crippen LogP contribution in [0.2, 0.25) is 0 Å². The predicted molar refractivity (Wildman–Crippen MR) is 131 cm³/mol. The Morgan fingerprint density at radius 2 is 1.65 bits per heavy atom. The zero-order valence-corrected chi connectivity index (χ0v) is 20.2. The molecular weight excluding hydrogens is 455 g/mol. The number of sulfonamides is 1.